The summed E-state index contributed by atoms with van der Waals surface area (Å²) in [6.45, 7) is 3.95. The second-order valence-electron chi connectivity index (χ2n) is 5.66. The summed E-state index contributed by atoms with van der Waals surface area (Å²) in [6.07, 6.45) is -5.80. The summed E-state index contributed by atoms with van der Waals surface area (Å²) in [4.78, 5) is 22.8. The molecule has 0 heterocycles. The van der Waals surface area contributed by atoms with Crippen LogP contribution in [-0.4, -0.2) is 29.6 Å². The van der Waals surface area contributed by atoms with Crippen molar-refractivity contribution in [2.75, 3.05) is 6.54 Å². The maximum Gasteiger partial charge on any atom is 0.419 e. The third kappa shape index (κ3) is 5.15. The Labute approximate surface area is 131 Å². The van der Waals surface area contributed by atoms with Gasteiger partial charge in [0.1, 0.15) is 5.75 Å². The molecule has 1 aromatic carbocycles. The molecule has 1 atom stereocenters. The van der Waals surface area contributed by atoms with E-state index >= 15 is 0 Å². The quantitative estimate of drug-likeness (QED) is 0.839. The molecule has 1 amide bonds. The van der Waals surface area contributed by atoms with E-state index in [1.807, 2.05) is 0 Å². The van der Waals surface area contributed by atoms with Crippen molar-refractivity contribution >= 4 is 11.9 Å². The van der Waals surface area contributed by atoms with E-state index < -0.39 is 40.9 Å². The first-order valence-corrected chi connectivity index (χ1v) is 6.79. The minimum absolute atomic E-state index is 0.171. The number of aliphatic carboxylic acids is 1. The van der Waals surface area contributed by atoms with Crippen molar-refractivity contribution in [3.05, 3.63) is 29.8 Å². The van der Waals surface area contributed by atoms with Crippen LogP contribution >= 0.6 is 0 Å². The summed E-state index contributed by atoms with van der Waals surface area (Å²) in [7, 11) is 0. The summed E-state index contributed by atoms with van der Waals surface area (Å²) in [5.41, 5.74) is -2.18. The number of benzene rings is 1. The van der Waals surface area contributed by atoms with Crippen molar-refractivity contribution in [3.63, 3.8) is 0 Å². The van der Waals surface area contributed by atoms with E-state index in [1.54, 1.807) is 0 Å². The number of hydrogen-bond donors (Lipinski definition) is 2. The van der Waals surface area contributed by atoms with Crippen LogP contribution in [0.5, 0.6) is 5.75 Å². The van der Waals surface area contributed by atoms with Crippen LogP contribution in [0.25, 0.3) is 0 Å². The van der Waals surface area contributed by atoms with Crippen LogP contribution in [-0.2, 0) is 15.8 Å². The first-order valence-electron chi connectivity index (χ1n) is 6.79. The average Bonchev–Trinajstić information content (AvgIpc) is 2.44. The molecule has 0 aliphatic heterocycles. The molecule has 5 nitrogen and oxygen atoms in total. The Kier molecular flexibility index (Phi) is 5.63. The molecule has 1 unspecified atom stereocenters. The molecule has 0 aliphatic carbocycles. The van der Waals surface area contributed by atoms with Gasteiger partial charge in [0.05, 0.1) is 11.0 Å². The van der Waals surface area contributed by atoms with Gasteiger partial charge >= 0.3 is 12.1 Å². The molecule has 0 radical (unpaired) electrons. The fourth-order valence-electron chi connectivity index (χ4n) is 1.57. The Morgan fingerprint density at radius 3 is 2.35 bits per heavy atom. The molecular weight excluding hydrogens is 315 g/mol. The van der Waals surface area contributed by atoms with Crippen LogP contribution in [0, 0.1) is 5.41 Å². The van der Waals surface area contributed by atoms with Gasteiger partial charge in [0, 0.05) is 6.54 Å². The molecule has 0 saturated heterocycles. The second kappa shape index (κ2) is 6.89. The van der Waals surface area contributed by atoms with Crippen LogP contribution in [0.1, 0.15) is 26.3 Å². The van der Waals surface area contributed by atoms with Crippen molar-refractivity contribution in [3.8, 4) is 5.75 Å². The number of nitrogens with one attached hydrogen (secondary N) is 1. The van der Waals surface area contributed by atoms with Gasteiger partial charge in [0.2, 0.25) is 0 Å². The molecule has 2 N–H and O–H groups in total. The second-order valence-corrected chi connectivity index (χ2v) is 5.66. The molecule has 0 aromatic heterocycles. The van der Waals surface area contributed by atoms with Crippen LogP contribution in [0.3, 0.4) is 0 Å². The minimum Gasteiger partial charge on any atom is -0.481 e. The van der Waals surface area contributed by atoms with E-state index in [4.69, 9.17) is 9.84 Å². The zero-order valence-corrected chi connectivity index (χ0v) is 12.9. The molecule has 1 aromatic rings. The van der Waals surface area contributed by atoms with Crippen molar-refractivity contribution in [1.82, 2.24) is 5.32 Å². The summed E-state index contributed by atoms with van der Waals surface area (Å²) >= 11 is 0. The lowest BCUT2D eigenvalue weighted by Gasteiger charge is -2.22. The van der Waals surface area contributed by atoms with Gasteiger partial charge in [-0.25, -0.2) is 0 Å². The first-order chi connectivity index (χ1) is 10.4. The van der Waals surface area contributed by atoms with Gasteiger partial charge in [0.25, 0.3) is 5.91 Å². The summed E-state index contributed by atoms with van der Waals surface area (Å²) < 4.78 is 43.6. The van der Waals surface area contributed by atoms with E-state index in [9.17, 15) is 22.8 Å². The summed E-state index contributed by atoms with van der Waals surface area (Å²) in [5.74, 6) is -2.26. The molecular formula is C15H18F3NO4. The number of carbonyl (C=O) groups excluding carboxylic acids is 1. The largest absolute Gasteiger partial charge is 0.481 e. The molecule has 0 aliphatic rings. The summed E-state index contributed by atoms with van der Waals surface area (Å²) in [5, 5.41) is 11.3. The first kappa shape index (κ1) is 18.8. The lowest BCUT2D eigenvalue weighted by molar-refractivity contribution is -0.147. The van der Waals surface area contributed by atoms with Crippen molar-refractivity contribution in [1.29, 1.82) is 0 Å². The normalized spacial score (nSPS) is 13.3. The molecule has 8 heteroatoms. The molecule has 0 saturated carbocycles. The van der Waals surface area contributed by atoms with E-state index in [-0.39, 0.29) is 6.54 Å². The predicted octanol–water partition coefficient (Wildman–Crippen LogP) is 2.70. The number of carboxylic acids is 1. The lowest BCUT2D eigenvalue weighted by atomic mass is 9.94. The third-order valence-electron chi connectivity index (χ3n) is 3.15. The SMILES string of the molecule is CC(Oc1ccccc1C(F)(F)F)C(=O)NCC(C)(C)C(=O)O. The fourth-order valence-corrected chi connectivity index (χ4v) is 1.57. The number of amides is 1. The number of alkyl halides is 3. The monoisotopic (exact) mass is 333 g/mol. The maximum absolute atomic E-state index is 12.8. The van der Waals surface area contributed by atoms with E-state index in [0.29, 0.717) is 0 Å². The Hall–Kier alpha value is -2.25. The highest BCUT2D eigenvalue weighted by atomic mass is 19.4. The van der Waals surface area contributed by atoms with E-state index in [0.717, 1.165) is 12.1 Å². The lowest BCUT2D eigenvalue weighted by Crippen LogP contribution is -2.43. The van der Waals surface area contributed by atoms with Crippen molar-refractivity contribution in [2.24, 2.45) is 5.41 Å². The Morgan fingerprint density at radius 1 is 1.26 bits per heavy atom. The zero-order chi connectivity index (χ0) is 17.8. The van der Waals surface area contributed by atoms with Gasteiger partial charge in [-0.1, -0.05) is 12.1 Å². The van der Waals surface area contributed by atoms with Gasteiger partial charge in [-0.3, -0.25) is 9.59 Å². The van der Waals surface area contributed by atoms with Gasteiger partial charge in [-0.2, -0.15) is 13.2 Å². The number of carbonyl (C=O) groups is 2. The van der Waals surface area contributed by atoms with Crippen molar-refractivity contribution < 1.29 is 32.6 Å². The molecule has 23 heavy (non-hydrogen) atoms. The van der Waals surface area contributed by atoms with E-state index in [1.165, 1.54) is 32.9 Å². The van der Waals surface area contributed by atoms with Gasteiger partial charge in [-0.05, 0) is 32.9 Å². The van der Waals surface area contributed by atoms with Gasteiger partial charge in [-0.15, -0.1) is 0 Å². The number of hydrogen-bond acceptors (Lipinski definition) is 3. The molecule has 0 fully saturated rings. The van der Waals surface area contributed by atoms with E-state index in [2.05, 4.69) is 5.32 Å². The average molecular weight is 333 g/mol. The highest BCUT2D eigenvalue weighted by molar-refractivity contribution is 5.82. The minimum atomic E-state index is -4.60. The predicted molar refractivity (Wildman–Crippen MR) is 76.0 cm³/mol. The maximum atomic E-state index is 12.8. The highest BCUT2D eigenvalue weighted by Gasteiger charge is 2.35. The Bertz CT molecular complexity index is 584. The highest BCUT2D eigenvalue weighted by Crippen LogP contribution is 2.36. The number of carboxylic acid groups (broad SMARTS) is 1. The number of para-hydroxylation sites is 1. The zero-order valence-electron chi connectivity index (χ0n) is 12.9. The number of ether oxygens (including phenoxy) is 1. The number of rotatable bonds is 6. The van der Waals surface area contributed by atoms with Gasteiger partial charge < -0.3 is 15.2 Å². The standard InChI is InChI=1S/C15H18F3NO4/c1-9(12(20)19-8-14(2,3)13(21)22)23-11-7-5-4-6-10(11)15(16,17)18/h4-7,9H,8H2,1-3H3,(H,19,20)(H,21,22). The van der Waals surface area contributed by atoms with Crippen molar-refractivity contribution in [2.45, 2.75) is 33.1 Å². The molecule has 0 bridgehead atoms. The van der Waals surface area contributed by atoms with Crippen LogP contribution in [0.4, 0.5) is 13.2 Å². The Balaban J connectivity index is 2.75. The molecule has 128 valence electrons. The fraction of sp³-hybridized carbons (Fsp3) is 0.467. The molecule has 0 spiro atoms. The van der Waals surface area contributed by atoms with Gasteiger partial charge in [0.15, 0.2) is 6.10 Å². The molecule has 1 rings (SSSR count). The van der Waals surface area contributed by atoms with Crippen LogP contribution in [0.15, 0.2) is 24.3 Å². The van der Waals surface area contributed by atoms with Crippen LogP contribution in [0.2, 0.25) is 0 Å². The smallest absolute Gasteiger partial charge is 0.419 e. The third-order valence-corrected chi connectivity index (χ3v) is 3.15. The topological polar surface area (TPSA) is 75.6 Å². The van der Waals surface area contributed by atoms with Crippen LogP contribution < -0.4 is 10.1 Å². The summed E-state index contributed by atoms with van der Waals surface area (Å²) in [6, 6.07) is 4.56. The Morgan fingerprint density at radius 2 is 1.83 bits per heavy atom. The number of halogens is 3.